The van der Waals surface area contributed by atoms with Gasteiger partial charge >= 0.3 is 0 Å². The van der Waals surface area contributed by atoms with E-state index in [0.29, 0.717) is 28.6 Å². The Morgan fingerprint density at radius 3 is 2.15 bits per heavy atom. The molecule has 4 aliphatic carbocycles. The van der Waals surface area contributed by atoms with Gasteiger partial charge in [-0.15, -0.1) is 0 Å². The van der Waals surface area contributed by atoms with Gasteiger partial charge in [-0.3, -0.25) is 9.59 Å². The molecule has 0 unspecified atom stereocenters. The highest BCUT2D eigenvalue weighted by Gasteiger charge is 2.48. The lowest BCUT2D eigenvalue weighted by molar-refractivity contribution is -0.0119. The number of hydrogen-bond acceptors (Lipinski definition) is 4. The molecule has 2 N–H and O–H groups in total. The fraction of sp³-hybridized carbons (Fsp3) is 0.519. The highest BCUT2D eigenvalue weighted by molar-refractivity contribution is 6.29. The molecule has 1 atom stereocenters. The lowest BCUT2D eigenvalue weighted by atomic mass is 9.54. The third-order valence-corrected chi connectivity index (χ3v) is 8.76. The second kappa shape index (κ2) is 8.88. The smallest absolute Gasteiger partial charge is 0.253 e. The van der Waals surface area contributed by atoms with Crippen LogP contribution < -0.4 is 15.5 Å². The zero-order valence-electron chi connectivity index (χ0n) is 19.3. The number of rotatable bonds is 5. The maximum absolute atomic E-state index is 13.0. The summed E-state index contributed by atoms with van der Waals surface area (Å²) in [5.41, 5.74) is 2.32. The normalized spacial score (nSPS) is 31.5. The van der Waals surface area contributed by atoms with E-state index < -0.39 is 0 Å². The Labute approximate surface area is 205 Å². The summed E-state index contributed by atoms with van der Waals surface area (Å²) in [5, 5.41) is 6.86. The summed E-state index contributed by atoms with van der Waals surface area (Å²) in [6.45, 7) is 1.61. The molecule has 7 heteroatoms. The van der Waals surface area contributed by atoms with E-state index in [0.717, 1.165) is 42.6 Å². The maximum Gasteiger partial charge on any atom is 0.253 e. The number of benzene rings is 1. The van der Waals surface area contributed by atoms with E-state index in [2.05, 4.69) is 20.5 Å². The molecule has 34 heavy (non-hydrogen) atoms. The summed E-state index contributed by atoms with van der Waals surface area (Å²) < 4.78 is 0. The second-order valence-corrected chi connectivity index (χ2v) is 11.1. The van der Waals surface area contributed by atoms with Gasteiger partial charge in [0.1, 0.15) is 5.15 Å². The summed E-state index contributed by atoms with van der Waals surface area (Å²) in [7, 11) is 0. The number of anilines is 1. The Balaban J connectivity index is 1.04. The number of pyridine rings is 1. The predicted octanol–water partition coefficient (Wildman–Crippen LogP) is 4.30. The van der Waals surface area contributed by atoms with Gasteiger partial charge < -0.3 is 15.5 Å². The molecule has 1 aromatic heterocycles. The Kier molecular flexibility index (Phi) is 5.72. The van der Waals surface area contributed by atoms with Crippen molar-refractivity contribution in [3.8, 4) is 0 Å². The van der Waals surface area contributed by atoms with Gasteiger partial charge in [-0.2, -0.15) is 0 Å². The van der Waals surface area contributed by atoms with Crippen molar-refractivity contribution >= 4 is 29.1 Å². The molecule has 2 aromatic rings. The number of carbonyl (C=O) groups excluding carboxylic acids is 2. The van der Waals surface area contributed by atoms with E-state index in [4.69, 9.17) is 11.6 Å². The first-order valence-electron chi connectivity index (χ1n) is 12.6. The van der Waals surface area contributed by atoms with Crippen LogP contribution in [-0.2, 0) is 0 Å². The molecule has 7 rings (SSSR count). The Morgan fingerprint density at radius 2 is 1.50 bits per heavy atom. The summed E-state index contributed by atoms with van der Waals surface area (Å²) >= 11 is 5.81. The molecular formula is C27H31ClN4O2. The maximum atomic E-state index is 13.0. The topological polar surface area (TPSA) is 74.3 Å². The van der Waals surface area contributed by atoms with E-state index in [1.807, 2.05) is 24.3 Å². The summed E-state index contributed by atoms with van der Waals surface area (Å²) in [6.07, 6.45) is 9.01. The van der Waals surface area contributed by atoms with E-state index in [1.54, 1.807) is 12.1 Å². The first-order chi connectivity index (χ1) is 16.5. The van der Waals surface area contributed by atoms with Crippen molar-refractivity contribution in [2.24, 2.45) is 23.7 Å². The third kappa shape index (κ3) is 4.28. The number of hydrogen-bond donors (Lipinski definition) is 2. The number of halogens is 1. The first-order valence-corrected chi connectivity index (χ1v) is 13.0. The largest absolute Gasteiger partial charge is 0.369 e. The van der Waals surface area contributed by atoms with Crippen molar-refractivity contribution in [3.05, 3.63) is 58.9 Å². The van der Waals surface area contributed by atoms with Crippen molar-refractivity contribution in [3.63, 3.8) is 0 Å². The molecule has 0 spiro atoms. The quantitative estimate of drug-likeness (QED) is 0.628. The van der Waals surface area contributed by atoms with Crippen molar-refractivity contribution < 1.29 is 9.59 Å². The van der Waals surface area contributed by atoms with Crippen molar-refractivity contribution in [1.29, 1.82) is 0 Å². The van der Waals surface area contributed by atoms with Crippen LogP contribution in [-0.4, -0.2) is 42.0 Å². The van der Waals surface area contributed by atoms with Gasteiger partial charge in [0.15, 0.2) is 0 Å². The standard InChI is InChI=1S/C27H31ClN4O2/c28-24-6-3-19(14-29-24)27(34)30-22-7-8-32(15-22)23-4-1-18(2-5-23)26(33)31-25-20-10-16-9-17(12-20)13-21(25)11-16/h1-6,14,16-17,20-22,25H,7-13,15H2,(H,30,34)(H,31,33)/t16?,17?,20?,21?,22-,25?/m0/s1. The Morgan fingerprint density at radius 1 is 0.853 bits per heavy atom. The van der Waals surface area contributed by atoms with Crippen LogP contribution in [0.4, 0.5) is 5.69 Å². The zero-order chi connectivity index (χ0) is 23.2. The molecule has 1 aliphatic heterocycles. The van der Waals surface area contributed by atoms with Crippen LogP contribution in [0.15, 0.2) is 42.6 Å². The van der Waals surface area contributed by atoms with Gasteiger partial charge in [-0.1, -0.05) is 11.6 Å². The Hall–Kier alpha value is -2.60. The van der Waals surface area contributed by atoms with Gasteiger partial charge in [-0.25, -0.2) is 4.98 Å². The number of carbonyl (C=O) groups is 2. The molecule has 2 amide bonds. The van der Waals surface area contributed by atoms with E-state index in [1.165, 1.54) is 38.3 Å². The average molecular weight is 479 g/mol. The second-order valence-electron chi connectivity index (χ2n) is 10.8. The van der Waals surface area contributed by atoms with E-state index >= 15 is 0 Å². The van der Waals surface area contributed by atoms with Gasteiger partial charge in [0.05, 0.1) is 5.56 Å². The first kappa shape index (κ1) is 21.9. The SMILES string of the molecule is O=C(NC1C2CC3CC(C2)CC1C3)c1ccc(N2CC[C@H](NC(=O)c3ccc(Cl)nc3)C2)cc1. The summed E-state index contributed by atoms with van der Waals surface area (Å²) in [5.74, 6) is 3.11. The van der Waals surface area contributed by atoms with E-state index in [9.17, 15) is 9.59 Å². The molecule has 4 saturated carbocycles. The lowest BCUT2D eigenvalue weighted by Gasteiger charge is -2.54. The summed E-state index contributed by atoms with van der Waals surface area (Å²) in [6, 6.07) is 11.7. The van der Waals surface area contributed by atoms with Crippen molar-refractivity contribution in [1.82, 2.24) is 15.6 Å². The fourth-order valence-electron chi connectivity index (χ4n) is 7.11. The van der Waals surface area contributed by atoms with Crippen LogP contribution in [0.1, 0.15) is 59.2 Å². The highest BCUT2D eigenvalue weighted by Crippen LogP contribution is 2.53. The zero-order valence-corrected chi connectivity index (χ0v) is 20.0. The molecule has 1 saturated heterocycles. The molecule has 1 aromatic carbocycles. The van der Waals surface area contributed by atoms with Gasteiger partial charge in [0.2, 0.25) is 0 Å². The van der Waals surface area contributed by atoms with Crippen LogP contribution in [0.25, 0.3) is 0 Å². The Bertz CT molecular complexity index is 1040. The van der Waals surface area contributed by atoms with Gasteiger partial charge in [-0.05, 0) is 98.6 Å². The molecule has 0 radical (unpaired) electrons. The molecule has 2 heterocycles. The van der Waals surface area contributed by atoms with Crippen LogP contribution in [0.3, 0.4) is 0 Å². The molecular weight excluding hydrogens is 448 g/mol. The van der Waals surface area contributed by atoms with Crippen LogP contribution in [0.5, 0.6) is 0 Å². The number of amides is 2. The monoisotopic (exact) mass is 478 g/mol. The third-order valence-electron chi connectivity index (χ3n) is 8.53. The number of aromatic nitrogens is 1. The lowest BCUT2D eigenvalue weighted by Crippen LogP contribution is -2.55. The molecule has 5 fully saturated rings. The fourth-order valence-corrected chi connectivity index (χ4v) is 7.22. The predicted molar refractivity (Wildman–Crippen MR) is 132 cm³/mol. The summed E-state index contributed by atoms with van der Waals surface area (Å²) in [4.78, 5) is 31.7. The van der Waals surface area contributed by atoms with Crippen molar-refractivity contribution in [2.75, 3.05) is 18.0 Å². The number of nitrogens with one attached hydrogen (secondary N) is 2. The molecule has 6 nitrogen and oxygen atoms in total. The molecule has 5 aliphatic rings. The minimum absolute atomic E-state index is 0.0622. The highest BCUT2D eigenvalue weighted by atomic mass is 35.5. The van der Waals surface area contributed by atoms with Gasteiger partial charge in [0.25, 0.3) is 11.8 Å². The van der Waals surface area contributed by atoms with Crippen LogP contribution >= 0.6 is 11.6 Å². The molecule has 178 valence electrons. The minimum Gasteiger partial charge on any atom is -0.369 e. The number of nitrogens with zero attached hydrogens (tertiary/aromatic N) is 2. The van der Waals surface area contributed by atoms with Crippen molar-refractivity contribution in [2.45, 2.75) is 50.6 Å². The van der Waals surface area contributed by atoms with Crippen LogP contribution in [0.2, 0.25) is 5.15 Å². The van der Waals surface area contributed by atoms with E-state index in [-0.39, 0.29) is 17.9 Å². The minimum atomic E-state index is -0.132. The van der Waals surface area contributed by atoms with Crippen LogP contribution in [0, 0.1) is 23.7 Å². The average Bonchev–Trinajstić information content (AvgIpc) is 3.30. The molecule has 4 bridgehead atoms. The van der Waals surface area contributed by atoms with Gasteiger partial charge in [0, 0.05) is 42.6 Å².